The van der Waals surface area contributed by atoms with Crippen LogP contribution in [-0.4, -0.2) is 21.5 Å². The van der Waals surface area contributed by atoms with Crippen LogP contribution in [0.25, 0.3) is 5.69 Å². The second-order valence-corrected chi connectivity index (χ2v) is 7.99. The second kappa shape index (κ2) is 7.23. The molecule has 26 heavy (non-hydrogen) atoms. The van der Waals surface area contributed by atoms with Crippen molar-refractivity contribution in [2.24, 2.45) is 23.5 Å². The molecule has 3 atom stereocenters. The lowest BCUT2D eigenvalue weighted by atomic mass is 9.65. The van der Waals surface area contributed by atoms with Crippen LogP contribution in [-0.2, 0) is 4.79 Å². The normalized spacial score (nSPS) is 29.2. The van der Waals surface area contributed by atoms with Gasteiger partial charge in [0.05, 0.1) is 12.4 Å². The molecule has 2 aliphatic carbocycles. The quantitative estimate of drug-likeness (QED) is 0.887. The predicted molar refractivity (Wildman–Crippen MR) is 102 cm³/mol. The molecule has 2 saturated carbocycles. The number of fused-ring (bicyclic) bond motifs is 2. The van der Waals surface area contributed by atoms with Gasteiger partial charge in [0.25, 0.3) is 0 Å². The van der Waals surface area contributed by atoms with Crippen molar-refractivity contribution >= 4 is 5.91 Å². The third kappa shape index (κ3) is 3.40. The number of benzene rings is 1. The minimum atomic E-state index is -0.0126. The molecule has 5 heteroatoms. The van der Waals surface area contributed by atoms with Crippen molar-refractivity contribution in [2.75, 3.05) is 0 Å². The van der Waals surface area contributed by atoms with E-state index in [-0.39, 0.29) is 17.9 Å². The Bertz CT molecular complexity index is 743. The summed E-state index contributed by atoms with van der Waals surface area (Å²) in [6.07, 6.45) is 11.0. The Balaban J connectivity index is 1.42. The van der Waals surface area contributed by atoms with E-state index in [9.17, 15) is 4.79 Å². The van der Waals surface area contributed by atoms with E-state index in [1.807, 2.05) is 22.9 Å². The molecule has 0 radical (unpaired) electrons. The molecule has 3 N–H and O–H groups in total. The average Bonchev–Trinajstić information content (AvgIpc) is 3.16. The molecule has 138 valence electrons. The topological polar surface area (TPSA) is 72.9 Å². The average molecular weight is 352 g/mol. The summed E-state index contributed by atoms with van der Waals surface area (Å²) in [5, 5.41) is 3.24. The SMILES string of the molecule is CC(NC(=O)C1CC2CCCC(C1)C2N)c1cccc(-n2ccnc2)c1. The molecule has 2 aliphatic rings. The molecular formula is C21H28N4O. The molecule has 0 saturated heterocycles. The summed E-state index contributed by atoms with van der Waals surface area (Å²) in [7, 11) is 0. The third-order valence-corrected chi connectivity index (χ3v) is 6.32. The van der Waals surface area contributed by atoms with Crippen LogP contribution in [0.5, 0.6) is 0 Å². The molecule has 1 aromatic heterocycles. The summed E-state index contributed by atoms with van der Waals surface area (Å²) in [5.41, 5.74) is 8.53. The van der Waals surface area contributed by atoms with Crippen LogP contribution < -0.4 is 11.1 Å². The molecule has 2 aromatic rings. The predicted octanol–water partition coefficient (Wildman–Crippen LogP) is 3.20. The highest BCUT2D eigenvalue weighted by atomic mass is 16.1. The van der Waals surface area contributed by atoms with E-state index in [4.69, 9.17) is 5.73 Å². The van der Waals surface area contributed by atoms with Crippen molar-refractivity contribution in [3.8, 4) is 5.69 Å². The zero-order valence-electron chi connectivity index (χ0n) is 15.3. The Morgan fingerprint density at radius 2 is 2.08 bits per heavy atom. The molecular weight excluding hydrogens is 324 g/mol. The molecule has 1 heterocycles. The van der Waals surface area contributed by atoms with Gasteiger partial charge < -0.3 is 15.6 Å². The maximum absolute atomic E-state index is 12.9. The minimum absolute atomic E-state index is 0.0126. The van der Waals surface area contributed by atoms with Gasteiger partial charge in [-0.2, -0.15) is 0 Å². The van der Waals surface area contributed by atoms with Gasteiger partial charge in [-0.3, -0.25) is 4.79 Å². The molecule has 2 fully saturated rings. The molecule has 5 nitrogen and oxygen atoms in total. The number of rotatable bonds is 4. The standard InChI is InChI=1S/C21H28N4O/c1-14(15-4-3-7-19(12-15)25-9-8-23-13-25)24-21(26)18-10-16-5-2-6-17(11-18)20(16)22/h3-4,7-9,12-14,16-18,20H,2,5-6,10-11,22H2,1H3,(H,24,26). The lowest BCUT2D eigenvalue weighted by Gasteiger charge is -2.43. The number of amides is 1. The van der Waals surface area contributed by atoms with Gasteiger partial charge in [-0.05, 0) is 62.1 Å². The molecule has 1 amide bonds. The number of hydrogen-bond donors (Lipinski definition) is 2. The first-order chi connectivity index (χ1) is 12.6. The van der Waals surface area contributed by atoms with E-state index in [1.54, 1.807) is 12.5 Å². The van der Waals surface area contributed by atoms with Gasteiger partial charge in [-0.25, -0.2) is 4.98 Å². The third-order valence-electron chi connectivity index (χ3n) is 6.32. The fraction of sp³-hybridized carbons (Fsp3) is 0.524. The monoisotopic (exact) mass is 352 g/mol. The Kier molecular flexibility index (Phi) is 4.81. The van der Waals surface area contributed by atoms with E-state index >= 15 is 0 Å². The first-order valence-electron chi connectivity index (χ1n) is 9.76. The van der Waals surface area contributed by atoms with E-state index in [0.717, 1.165) is 24.1 Å². The van der Waals surface area contributed by atoms with Gasteiger partial charge in [0.15, 0.2) is 0 Å². The molecule has 2 bridgehead atoms. The van der Waals surface area contributed by atoms with Crippen molar-refractivity contribution in [3.05, 3.63) is 48.5 Å². The van der Waals surface area contributed by atoms with Gasteiger partial charge in [0.1, 0.15) is 0 Å². The fourth-order valence-electron chi connectivity index (χ4n) is 4.78. The van der Waals surface area contributed by atoms with Crippen LogP contribution in [0.3, 0.4) is 0 Å². The number of aromatic nitrogens is 2. The maximum Gasteiger partial charge on any atom is 0.223 e. The number of hydrogen-bond acceptors (Lipinski definition) is 3. The van der Waals surface area contributed by atoms with Gasteiger partial charge in [-0.15, -0.1) is 0 Å². The Labute approximate surface area is 155 Å². The van der Waals surface area contributed by atoms with Crippen molar-refractivity contribution in [1.29, 1.82) is 0 Å². The van der Waals surface area contributed by atoms with Crippen LogP contribution in [0, 0.1) is 17.8 Å². The van der Waals surface area contributed by atoms with Crippen LogP contribution in [0.15, 0.2) is 43.0 Å². The highest BCUT2D eigenvalue weighted by molar-refractivity contribution is 5.79. The van der Waals surface area contributed by atoms with Crippen LogP contribution >= 0.6 is 0 Å². The number of nitrogens with two attached hydrogens (primary N) is 1. The molecule has 4 rings (SSSR count). The highest BCUT2D eigenvalue weighted by Gasteiger charge is 2.40. The molecule has 1 aromatic carbocycles. The minimum Gasteiger partial charge on any atom is -0.349 e. The highest BCUT2D eigenvalue weighted by Crippen LogP contribution is 2.42. The van der Waals surface area contributed by atoms with Crippen molar-refractivity contribution in [1.82, 2.24) is 14.9 Å². The summed E-state index contributed by atoms with van der Waals surface area (Å²) in [6.45, 7) is 2.06. The van der Waals surface area contributed by atoms with Crippen LogP contribution in [0.2, 0.25) is 0 Å². The second-order valence-electron chi connectivity index (χ2n) is 7.99. The summed E-state index contributed by atoms with van der Waals surface area (Å²) in [4.78, 5) is 17.0. The lowest BCUT2D eigenvalue weighted by molar-refractivity contribution is -0.128. The smallest absolute Gasteiger partial charge is 0.223 e. The summed E-state index contributed by atoms with van der Waals surface area (Å²) in [6, 6.07) is 8.54. The number of nitrogens with zero attached hydrogens (tertiary/aromatic N) is 2. The van der Waals surface area contributed by atoms with Gasteiger partial charge in [0, 0.05) is 30.0 Å². The van der Waals surface area contributed by atoms with Gasteiger partial charge in [0.2, 0.25) is 5.91 Å². The van der Waals surface area contributed by atoms with Gasteiger partial charge in [-0.1, -0.05) is 18.6 Å². The summed E-state index contributed by atoms with van der Waals surface area (Å²) in [5.74, 6) is 1.36. The largest absolute Gasteiger partial charge is 0.349 e. The summed E-state index contributed by atoms with van der Waals surface area (Å²) < 4.78 is 1.97. The first kappa shape index (κ1) is 17.3. The van der Waals surface area contributed by atoms with Gasteiger partial charge >= 0.3 is 0 Å². The van der Waals surface area contributed by atoms with Crippen molar-refractivity contribution in [2.45, 2.75) is 51.1 Å². The zero-order chi connectivity index (χ0) is 18.1. The number of carbonyl (C=O) groups excluding carboxylic acids is 1. The van der Waals surface area contributed by atoms with Crippen LogP contribution in [0.1, 0.15) is 50.6 Å². The van der Waals surface area contributed by atoms with Crippen LogP contribution in [0.4, 0.5) is 0 Å². The Hall–Kier alpha value is -2.14. The fourth-order valence-corrected chi connectivity index (χ4v) is 4.78. The zero-order valence-corrected chi connectivity index (χ0v) is 15.3. The Morgan fingerprint density at radius 3 is 2.77 bits per heavy atom. The molecule has 0 spiro atoms. The summed E-state index contributed by atoms with van der Waals surface area (Å²) >= 11 is 0. The molecule has 3 unspecified atom stereocenters. The number of imidazole rings is 1. The van der Waals surface area contributed by atoms with E-state index in [2.05, 4.69) is 29.4 Å². The lowest BCUT2D eigenvalue weighted by Crippen LogP contribution is -2.49. The van der Waals surface area contributed by atoms with E-state index in [0.29, 0.717) is 17.9 Å². The number of carbonyl (C=O) groups is 1. The van der Waals surface area contributed by atoms with Crippen molar-refractivity contribution < 1.29 is 4.79 Å². The van der Waals surface area contributed by atoms with Crippen molar-refractivity contribution in [3.63, 3.8) is 0 Å². The van der Waals surface area contributed by atoms with E-state index in [1.165, 1.54) is 19.3 Å². The Morgan fingerprint density at radius 1 is 1.31 bits per heavy atom. The first-order valence-corrected chi connectivity index (χ1v) is 9.76. The van der Waals surface area contributed by atoms with E-state index < -0.39 is 0 Å². The maximum atomic E-state index is 12.9. The number of nitrogens with one attached hydrogen (secondary N) is 1. The molecule has 0 aliphatic heterocycles.